The van der Waals surface area contributed by atoms with Gasteiger partial charge in [-0.15, -0.1) is 0 Å². The lowest BCUT2D eigenvalue weighted by molar-refractivity contribution is -0.872. The number of hydrogen-bond acceptors (Lipinski definition) is 3. The number of carbonyl (C=O) groups is 1. The lowest BCUT2D eigenvalue weighted by Crippen LogP contribution is -2.40. The highest BCUT2D eigenvalue weighted by atomic mass is 16.7. The topological polar surface area (TPSA) is 38.7 Å². The van der Waals surface area contributed by atoms with Crippen molar-refractivity contribution in [3.05, 3.63) is 35.9 Å². The SMILES string of the molecule is C[N+](C)(C)CC1CCCC1=NOC(=O)c1ccccc1. The molecule has 1 saturated carbocycles. The standard InChI is InChI=1S/C16H23N2O2/c1-18(2,3)12-14-10-7-11-15(14)17-20-16(19)13-8-5-4-6-9-13/h4-6,8-9,14H,7,10-12H2,1-3H3/q+1. The van der Waals surface area contributed by atoms with Crippen LogP contribution in [0.4, 0.5) is 0 Å². The second-order valence-corrected chi connectivity index (χ2v) is 6.39. The van der Waals surface area contributed by atoms with Gasteiger partial charge in [0.05, 0.1) is 39.0 Å². The van der Waals surface area contributed by atoms with Gasteiger partial charge in [-0.3, -0.25) is 0 Å². The molecule has 0 aliphatic heterocycles. The molecule has 4 nitrogen and oxygen atoms in total. The summed E-state index contributed by atoms with van der Waals surface area (Å²) in [5, 5.41) is 4.12. The molecule has 1 fully saturated rings. The van der Waals surface area contributed by atoms with Crippen LogP contribution in [0, 0.1) is 5.92 Å². The van der Waals surface area contributed by atoms with Gasteiger partial charge in [-0.25, -0.2) is 4.79 Å². The largest absolute Gasteiger partial charge is 0.365 e. The number of rotatable bonds is 4. The van der Waals surface area contributed by atoms with Crippen molar-refractivity contribution in [1.29, 1.82) is 0 Å². The predicted octanol–water partition coefficient (Wildman–Crippen LogP) is 2.71. The monoisotopic (exact) mass is 275 g/mol. The van der Waals surface area contributed by atoms with E-state index in [1.54, 1.807) is 12.1 Å². The molecule has 1 aliphatic rings. The molecular weight excluding hydrogens is 252 g/mol. The fourth-order valence-corrected chi connectivity index (χ4v) is 2.61. The summed E-state index contributed by atoms with van der Waals surface area (Å²) >= 11 is 0. The Morgan fingerprint density at radius 1 is 1.30 bits per heavy atom. The smallest absolute Gasteiger partial charge is 0.330 e. The molecule has 0 aromatic heterocycles. The van der Waals surface area contributed by atoms with E-state index in [1.807, 2.05) is 18.2 Å². The summed E-state index contributed by atoms with van der Waals surface area (Å²) in [7, 11) is 6.52. The molecule has 0 bridgehead atoms. The second kappa shape index (κ2) is 6.18. The zero-order valence-electron chi connectivity index (χ0n) is 12.5. The van der Waals surface area contributed by atoms with Crippen LogP contribution in [0.2, 0.25) is 0 Å². The summed E-state index contributed by atoms with van der Waals surface area (Å²) in [6, 6.07) is 8.98. The summed E-state index contributed by atoms with van der Waals surface area (Å²) in [5.41, 5.74) is 1.57. The van der Waals surface area contributed by atoms with Crippen LogP contribution in [0.5, 0.6) is 0 Å². The normalized spacial score (nSPS) is 21.1. The lowest BCUT2D eigenvalue weighted by Gasteiger charge is -2.27. The van der Waals surface area contributed by atoms with E-state index >= 15 is 0 Å². The first-order chi connectivity index (χ1) is 9.46. The average molecular weight is 275 g/mol. The Kier molecular flexibility index (Phi) is 4.55. The van der Waals surface area contributed by atoms with Crippen LogP contribution in [0.3, 0.4) is 0 Å². The third-order valence-corrected chi connectivity index (χ3v) is 3.48. The molecule has 108 valence electrons. The van der Waals surface area contributed by atoms with Crippen LogP contribution >= 0.6 is 0 Å². The molecule has 0 N–H and O–H groups in total. The molecule has 0 spiro atoms. The number of nitrogens with zero attached hydrogens (tertiary/aromatic N) is 2. The summed E-state index contributed by atoms with van der Waals surface area (Å²) in [6.45, 7) is 1.03. The molecule has 1 aliphatic carbocycles. The fraction of sp³-hybridized carbons (Fsp3) is 0.500. The highest BCUT2D eigenvalue weighted by Gasteiger charge is 2.28. The molecule has 0 heterocycles. The minimum atomic E-state index is -0.381. The average Bonchev–Trinajstić information content (AvgIpc) is 2.82. The number of hydrogen-bond donors (Lipinski definition) is 0. The number of quaternary nitrogens is 1. The van der Waals surface area contributed by atoms with Crippen molar-refractivity contribution in [3.63, 3.8) is 0 Å². The van der Waals surface area contributed by atoms with Crippen LogP contribution in [-0.2, 0) is 4.84 Å². The Bertz CT molecular complexity index is 489. The van der Waals surface area contributed by atoms with Gasteiger partial charge in [0.15, 0.2) is 0 Å². The van der Waals surface area contributed by atoms with Crippen LogP contribution in [0.1, 0.15) is 29.6 Å². The van der Waals surface area contributed by atoms with Crippen molar-refractivity contribution in [1.82, 2.24) is 0 Å². The molecule has 4 heteroatoms. The van der Waals surface area contributed by atoms with Crippen molar-refractivity contribution in [2.24, 2.45) is 11.1 Å². The molecule has 1 unspecified atom stereocenters. The Morgan fingerprint density at radius 3 is 2.65 bits per heavy atom. The Balaban J connectivity index is 1.98. The minimum Gasteiger partial charge on any atom is -0.330 e. The summed E-state index contributed by atoms with van der Waals surface area (Å²) in [5.74, 6) is 0.0487. The molecule has 0 amide bonds. The van der Waals surface area contributed by atoms with E-state index in [-0.39, 0.29) is 5.97 Å². The summed E-state index contributed by atoms with van der Waals surface area (Å²) in [4.78, 5) is 17.0. The Hall–Kier alpha value is -1.68. The van der Waals surface area contributed by atoms with Gasteiger partial charge in [-0.1, -0.05) is 23.4 Å². The third-order valence-electron chi connectivity index (χ3n) is 3.48. The first-order valence-corrected chi connectivity index (χ1v) is 7.09. The van der Waals surface area contributed by atoms with E-state index in [0.717, 1.165) is 36.0 Å². The van der Waals surface area contributed by atoms with Crippen LogP contribution < -0.4 is 0 Å². The van der Waals surface area contributed by atoms with Crippen molar-refractivity contribution < 1.29 is 14.1 Å². The zero-order chi connectivity index (χ0) is 14.6. The molecule has 2 rings (SSSR count). The van der Waals surface area contributed by atoms with Gasteiger partial charge < -0.3 is 9.32 Å². The summed E-state index contributed by atoms with van der Waals surface area (Å²) in [6.07, 6.45) is 3.20. The number of carbonyl (C=O) groups excluding carboxylic acids is 1. The van der Waals surface area contributed by atoms with E-state index in [9.17, 15) is 4.79 Å². The van der Waals surface area contributed by atoms with E-state index < -0.39 is 0 Å². The zero-order valence-corrected chi connectivity index (χ0v) is 12.5. The van der Waals surface area contributed by atoms with Crippen LogP contribution in [0.15, 0.2) is 35.5 Å². The molecule has 1 aromatic rings. The maximum atomic E-state index is 11.9. The summed E-state index contributed by atoms with van der Waals surface area (Å²) < 4.78 is 0.899. The van der Waals surface area contributed by atoms with Gasteiger partial charge in [-0.2, -0.15) is 0 Å². The Morgan fingerprint density at radius 2 is 2.00 bits per heavy atom. The van der Waals surface area contributed by atoms with Gasteiger partial charge in [0.25, 0.3) is 0 Å². The minimum absolute atomic E-state index is 0.381. The van der Waals surface area contributed by atoms with Gasteiger partial charge in [0.2, 0.25) is 0 Å². The molecule has 1 atom stereocenters. The first kappa shape index (κ1) is 14.7. The first-order valence-electron chi connectivity index (χ1n) is 7.09. The van der Waals surface area contributed by atoms with E-state index in [4.69, 9.17) is 4.84 Å². The predicted molar refractivity (Wildman–Crippen MR) is 79.5 cm³/mol. The van der Waals surface area contributed by atoms with Crippen molar-refractivity contribution in [2.45, 2.75) is 19.3 Å². The van der Waals surface area contributed by atoms with Gasteiger partial charge >= 0.3 is 5.97 Å². The van der Waals surface area contributed by atoms with E-state index in [0.29, 0.717) is 11.5 Å². The number of oxime groups is 1. The molecular formula is C16H23N2O2+. The van der Waals surface area contributed by atoms with Gasteiger partial charge in [-0.05, 0) is 31.4 Å². The molecule has 1 aromatic carbocycles. The molecule has 0 radical (unpaired) electrons. The fourth-order valence-electron chi connectivity index (χ4n) is 2.61. The van der Waals surface area contributed by atoms with Crippen molar-refractivity contribution in [3.8, 4) is 0 Å². The van der Waals surface area contributed by atoms with Crippen LogP contribution in [0.25, 0.3) is 0 Å². The van der Waals surface area contributed by atoms with Crippen LogP contribution in [-0.4, -0.2) is 43.9 Å². The lowest BCUT2D eigenvalue weighted by atomic mass is 10.1. The van der Waals surface area contributed by atoms with E-state index in [2.05, 4.69) is 26.3 Å². The molecule has 20 heavy (non-hydrogen) atoms. The number of benzene rings is 1. The highest BCUT2D eigenvalue weighted by molar-refractivity contribution is 5.92. The van der Waals surface area contributed by atoms with Crippen molar-refractivity contribution in [2.75, 3.05) is 27.7 Å². The second-order valence-electron chi connectivity index (χ2n) is 6.39. The van der Waals surface area contributed by atoms with Crippen molar-refractivity contribution >= 4 is 11.7 Å². The van der Waals surface area contributed by atoms with Gasteiger partial charge in [0.1, 0.15) is 0 Å². The maximum Gasteiger partial charge on any atom is 0.365 e. The van der Waals surface area contributed by atoms with Gasteiger partial charge in [0, 0.05) is 5.92 Å². The Labute approximate surface area is 120 Å². The third kappa shape index (κ3) is 4.17. The quantitative estimate of drug-likeness (QED) is 0.481. The maximum absolute atomic E-state index is 11.9. The van der Waals surface area contributed by atoms with E-state index in [1.165, 1.54) is 0 Å². The molecule has 0 saturated heterocycles. The highest BCUT2D eigenvalue weighted by Crippen LogP contribution is 2.24.